The zero-order valence-corrected chi connectivity index (χ0v) is 18.1. The van der Waals surface area contributed by atoms with Crippen LogP contribution in [0, 0.1) is 0 Å². The molecule has 2 aromatic carbocycles. The molecule has 0 bridgehead atoms. The number of benzene rings is 2. The van der Waals surface area contributed by atoms with E-state index < -0.39 is 5.41 Å². The summed E-state index contributed by atoms with van der Waals surface area (Å²) in [7, 11) is 1.88. The number of nitrogens with one attached hydrogen (secondary N) is 3. The minimum absolute atomic E-state index is 0.0189. The zero-order valence-electron chi connectivity index (χ0n) is 18.1. The monoisotopic (exact) mass is 417 g/mol. The van der Waals surface area contributed by atoms with Crippen LogP contribution in [0.2, 0.25) is 0 Å². The third-order valence-electron chi connectivity index (χ3n) is 6.72. The number of anilines is 1. The van der Waals surface area contributed by atoms with Gasteiger partial charge in [-0.1, -0.05) is 12.6 Å². The normalized spacial score (nSPS) is 16.2. The fourth-order valence-corrected chi connectivity index (χ4v) is 4.24. The molecule has 1 saturated carbocycles. The lowest BCUT2D eigenvalue weighted by Crippen LogP contribution is -2.27. The lowest BCUT2D eigenvalue weighted by Gasteiger charge is -2.26. The van der Waals surface area contributed by atoms with Gasteiger partial charge in [-0.2, -0.15) is 0 Å². The molecule has 3 aromatic rings. The number of hydrogen-bond acceptors (Lipinski definition) is 4. The summed E-state index contributed by atoms with van der Waals surface area (Å²) >= 11 is 0. The number of carbonyl (C=O) groups excluding carboxylic acids is 1. The minimum Gasteiger partial charge on any atom is -0.454 e. The van der Waals surface area contributed by atoms with Crippen molar-refractivity contribution in [3.63, 3.8) is 0 Å². The summed E-state index contributed by atoms with van der Waals surface area (Å²) in [6.45, 7) is 8.61. The number of aromatic amines is 1. The summed E-state index contributed by atoms with van der Waals surface area (Å²) in [6, 6.07) is 13.9. The Bertz CT molecular complexity index is 1200. The lowest BCUT2D eigenvalue weighted by molar-refractivity contribution is -0.118. The fourth-order valence-electron chi connectivity index (χ4n) is 4.24. The van der Waals surface area contributed by atoms with E-state index in [0.29, 0.717) is 5.75 Å². The van der Waals surface area contributed by atoms with Crippen LogP contribution in [0.15, 0.2) is 54.7 Å². The second-order valence-corrected chi connectivity index (χ2v) is 8.94. The van der Waals surface area contributed by atoms with Gasteiger partial charge in [0.25, 0.3) is 0 Å². The molecule has 1 fully saturated rings. The van der Waals surface area contributed by atoms with Crippen LogP contribution in [0.3, 0.4) is 0 Å². The minimum atomic E-state index is -0.494. The molecule has 160 valence electrons. The van der Waals surface area contributed by atoms with Gasteiger partial charge in [-0.05, 0) is 68.7 Å². The average Bonchev–Trinajstić information content (AvgIpc) is 3.25. The molecule has 1 aliphatic carbocycles. The Morgan fingerprint density at radius 2 is 1.87 bits per heavy atom. The highest BCUT2D eigenvalue weighted by Gasteiger charge is 2.51. The number of H-pyrrole nitrogens is 1. The Morgan fingerprint density at radius 3 is 2.61 bits per heavy atom. The Kier molecular flexibility index (Phi) is 4.29. The maximum absolute atomic E-state index is 13.2. The maximum Gasteiger partial charge on any atom is 0.235 e. The van der Waals surface area contributed by atoms with E-state index in [-0.39, 0.29) is 18.1 Å². The number of likely N-dealkylation sites (N-methyl/N-ethyl adjacent to an activating group) is 1. The van der Waals surface area contributed by atoms with Crippen LogP contribution in [0.25, 0.3) is 10.9 Å². The molecule has 0 spiro atoms. The first-order chi connectivity index (χ1) is 14.8. The summed E-state index contributed by atoms with van der Waals surface area (Å²) in [6.07, 6.45) is 1.66. The SMILES string of the molecule is C=C(NC)C(C)(C)c1cc2cc(NC(=O)C3(c4ccc5c(c4)OCO5)CC3)ccc2[nH]1. The first-order valence-electron chi connectivity index (χ1n) is 10.6. The van der Waals surface area contributed by atoms with E-state index in [1.54, 1.807) is 0 Å². The predicted octanol–water partition coefficient (Wildman–Crippen LogP) is 4.58. The van der Waals surface area contributed by atoms with E-state index in [0.717, 1.165) is 52.1 Å². The Labute approximate surface area is 181 Å². The molecule has 5 rings (SSSR count). The van der Waals surface area contributed by atoms with Gasteiger partial charge in [0.2, 0.25) is 12.7 Å². The van der Waals surface area contributed by atoms with Crippen molar-refractivity contribution in [1.82, 2.24) is 10.3 Å². The van der Waals surface area contributed by atoms with Crippen molar-refractivity contribution in [3.05, 3.63) is 66.0 Å². The second-order valence-electron chi connectivity index (χ2n) is 8.94. The van der Waals surface area contributed by atoms with Crippen LogP contribution in [0.1, 0.15) is 37.9 Å². The fraction of sp³-hybridized carbons (Fsp3) is 0.320. The summed E-state index contributed by atoms with van der Waals surface area (Å²) in [5.41, 5.74) is 4.07. The molecule has 0 saturated heterocycles. The summed E-state index contributed by atoms with van der Waals surface area (Å²) in [5, 5.41) is 7.34. The average molecular weight is 418 g/mol. The number of allylic oxidation sites excluding steroid dienone is 1. The van der Waals surface area contributed by atoms with Gasteiger partial charge in [0.1, 0.15) is 0 Å². The summed E-state index contributed by atoms with van der Waals surface area (Å²) in [4.78, 5) is 16.7. The van der Waals surface area contributed by atoms with Gasteiger partial charge in [-0.25, -0.2) is 0 Å². The van der Waals surface area contributed by atoms with Crippen molar-refractivity contribution >= 4 is 22.5 Å². The van der Waals surface area contributed by atoms with Crippen molar-refractivity contribution in [2.45, 2.75) is 37.5 Å². The molecule has 2 heterocycles. The van der Waals surface area contributed by atoms with Gasteiger partial charge in [-0.15, -0.1) is 0 Å². The van der Waals surface area contributed by atoms with Crippen LogP contribution >= 0.6 is 0 Å². The topological polar surface area (TPSA) is 75.4 Å². The van der Waals surface area contributed by atoms with Gasteiger partial charge in [0, 0.05) is 40.4 Å². The van der Waals surface area contributed by atoms with Gasteiger partial charge in [0.15, 0.2) is 11.5 Å². The van der Waals surface area contributed by atoms with E-state index in [1.807, 2.05) is 43.4 Å². The zero-order chi connectivity index (χ0) is 21.8. The molecule has 0 radical (unpaired) electrons. The van der Waals surface area contributed by atoms with E-state index in [9.17, 15) is 4.79 Å². The van der Waals surface area contributed by atoms with Gasteiger partial charge in [0.05, 0.1) is 5.41 Å². The van der Waals surface area contributed by atoms with Crippen molar-refractivity contribution in [2.75, 3.05) is 19.2 Å². The van der Waals surface area contributed by atoms with Gasteiger partial charge >= 0.3 is 0 Å². The highest BCUT2D eigenvalue weighted by molar-refractivity contribution is 6.02. The highest BCUT2D eigenvalue weighted by atomic mass is 16.7. The number of hydrogen-bond donors (Lipinski definition) is 3. The molecule has 6 nitrogen and oxygen atoms in total. The Morgan fingerprint density at radius 1 is 1.10 bits per heavy atom. The highest BCUT2D eigenvalue weighted by Crippen LogP contribution is 2.51. The first-order valence-corrected chi connectivity index (χ1v) is 10.6. The lowest BCUT2D eigenvalue weighted by atomic mass is 9.86. The van der Waals surface area contributed by atoms with E-state index in [1.165, 1.54) is 0 Å². The van der Waals surface area contributed by atoms with E-state index >= 15 is 0 Å². The molecule has 0 unspecified atom stereocenters. The summed E-state index contributed by atoms with van der Waals surface area (Å²) < 4.78 is 10.9. The standard InChI is InChI=1S/C25H27N3O3/c1-15(26-4)24(2,3)22-12-16-11-18(6-7-19(16)28-22)27-23(29)25(9-10-25)17-5-8-20-21(13-17)31-14-30-20/h5-8,11-13,26,28H,1,9-10,14H2,2-4H3,(H,27,29). The van der Waals surface area contributed by atoms with E-state index in [4.69, 9.17) is 9.47 Å². The third-order valence-corrected chi connectivity index (χ3v) is 6.72. The second kappa shape index (κ2) is 6.80. The van der Waals surface area contributed by atoms with Crippen molar-refractivity contribution in [2.24, 2.45) is 0 Å². The largest absolute Gasteiger partial charge is 0.454 e. The van der Waals surface area contributed by atoms with Gasteiger partial charge in [-0.3, -0.25) is 4.79 Å². The third kappa shape index (κ3) is 3.14. The van der Waals surface area contributed by atoms with Crippen molar-refractivity contribution in [1.29, 1.82) is 0 Å². The number of amides is 1. The maximum atomic E-state index is 13.2. The molecule has 0 atom stereocenters. The molecule has 6 heteroatoms. The number of fused-ring (bicyclic) bond motifs is 2. The predicted molar refractivity (Wildman–Crippen MR) is 122 cm³/mol. The Balaban J connectivity index is 1.39. The van der Waals surface area contributed by atoms with Crippen LogP contribution in [0.5, 0.6) is 11.5 Å². The molecule has 31 heavy (non-hydrogen) atoms. The molecule has 1 aliphatic heterocycles. The molecular weight excluding hydrogens is 390 g/mol. The van der Waals surface area contributed by atoms with Crippen LogP contribution in [-0.4, -0.2) is 24.7 Å². The van der Waals surface area contributed by atoms with Gasteiger partial charge < -0.3 is 25.1 Å². The number of carbonyl (C=O) groups is 1. The molecule has 2 aliphatic rings. The number of rotatable bonds is 6. The smallest absolute Gasteiger partial charge is 0.235 e. The number of aromatic nitrogens is 1. The molecular formula is C25H27N3O3. The quantitative estimate of drug-likeness (QED) is 0.549. The van der Waals surface area contributed by atoms with E-state index in [2.05, 4.69) is 42.1 Å². The van der Waals surface area contributed by atoms with Crippen LogP contribution in [0.4, 0.5) is 5.69 Å². The first kappa shape index (κ1) is 19.5. The van der Waals surface area contributed by atoms with Crippen molar-refractivity contribution in [3.8, 4) is 11.5 Å². The molecule has 1 aromatic heterocycles. The molecule has 3 N–H and O–H groups in total. The van der Waals surface area contributed by atoms with Crippen LogP contribution in [-0.2, 0) is 15.6 Å². The number of ether oxygens (including phenoxy) is 2. The Hall–Kier alpha value is -3.41. The van der Waals surface area contributed by atoms with Crippen LogP contribution < -0.4 is 20.1 Å². The van der Waals surface area contributed by atoms with Crippen molar-refractivity contribution < 1.29 is 14.3 Å². The molecule has 1 amide bonds. The summed E-state index contributed by atoms with van der Waals surface area (Å²) in [5.74, 6) is 1.46.